The minimum Gasteiger partial charge on any atom is -0.397 e. The van der Waals surface area contributed by atoms with Crippen LogP contribution in [0, 0.1) is 0 Å². The van der Waals surface area contributed by atoms with Crippen LogP contribution in [0.1, 0.15) is 78.7 Å². The molecular weight excluding hydrogens is 739 g/mol. The normalized spacial score (nSPS) is 18.6. The lowest BCUT2D eigenvalue weighted by molar-refractivity contribution is -0.253. The van der Waals surface area contributed by atoms with Crippen molar-refractivity contribution in [1.29, 1.82) is 0 Å². The number of nitrogen functional groups attached to an aromatic ring is 1. The first-order valence-electron chi connectivity index (χ1n) is 21.0. The van der Waals surface area contributed by atoms with Gasteiger partial charge in [-0.25, -0.2) is 0 Å². The monoisotopic (exact) mass is 795 g/mol. The minimum absolute atomic E-state index is 0.00701. The molecule has 0 spiro atoms. The van der Waals surface area contributed by atoms with Gasteiger partial charge in [0, 0.05) is 70.6 Å². The van der Waals surface area contributed by atoms with Gasteiger partial charge in [-0.15, -0.1) is 0 Å². The van der Waals surface area contributed by atoms with E-state index in [9.17, 15) is 14.7 Å². The Morgan fingerprint density at radius 1 is 0.678 bits per heavy atom. The summed E-state index contributed by atoms with van der Waals surface area (Å²) in [4.78, 5) is 30.2. The summed E-state index contributed by atoms with van der Waals surface area (Å²) in [5, 5.41) is 15.6. The van der Waals surface area contributed by atoms with E-state index >= 15 is 0 Å². The molecule has 2 aliphatic rings. The van der Waals surface area contributed by atoms with Crippen LogP contribution in [-0.4, -0.2) is 65.5 Å². The average Bonchev–Trinajstić information content (AvgIpc) is 3.27. The van der Waals surface area contributed by atoms with Crippen LogP contribution in [0.3, 0.4) is 0 Å². The van der Waals surface area contributed by atoms with Crippen molar-refractivity contribution in [1.82, 2.24) is 15.1 Å². The standard InChI is InChI=1S/C49H57N5O5/c50-44-15-9-10-16-45(44)52-48(57)18-6-2-5-17-47(56)51-32-41-13-7-8-14-43(41)38-23-25-40(26-24-38)49-58-42(31-46(59-49)39-21-19-37(35-55)20-22-39)34-54-29-27-53(28-30-54)33-36-11-3-1-4-12-36/h1,3-4,7-16,19-26,42,46,49,55H,2,5-6,17-18,27-35,50H2,(H,51,56)(H,52,57)/t42-,46+,49+/m1/s1. The van der Waals surface area contributed by atoms with Crippen LogP contribution in [0.4, 0.5) is 11.4 Å². The second-order valence-electron chi connectivity index (χ2n) is 15.7. The van der Waals surface area contributed by atoms with E-state index in [1.807, 2.05) is 42.5 Å². The highest BCUT2D eigenvalue weighted by Crippen LogP contribution is 2.39. The number of para-hydroxylation sites is 2. The Hall–Kier alpha value is -5.36. The summed E-state index contributed by atoms with van der Waals surface area (Å²) in [7, 11) is 0. The maximum Gasteiger partial charge on any atom is 0.224 e. The van der Waals surface area contributed by atoms with Crippen molar-refractivity contribution in [3.8, 4) is 11.1 Å². The van der Waals surface area contributed by atoms with Gasteiger partial charge in [0.25, 0.3) is 0 Å². The Labute approximate surface area is 348 Å². The molecule has 5 aromatic carbocycles. The summed E-state index contributed by atoms with van der Waals surface area (Å²) in [6.45, 7) is 6.27. The Morgan fingerprint density at radius 3 is 2.08 bits per heavy atom. The van der Waals surface area contributed by atoms with Crippen molar-refractivity contribution < 1.29 is 24.2 Å². The third kappa shape index (κ3) is 12.1. The molecule has 0 aromatic heterocycles. The van der Waals surface area contributed by atoms with Gasteiger partial charge < -0.3 is 30.9 Å². The predicted octanol–water partition coefficient (Wildman–Crippen LogP) is 8.00. The third-order valence-corrected chi connectivity index (χ3v) is 11.3. The van der Waals surface area contributed by atoms with Gasteiger partial charge in [0.2, 0.25) is 11.8 Å². The van der Waals surface area contributed by atoms with Crippen molar-refractivity contribution in [3.63, 3.8) is 0 Å². The van der Waals surface area contributed by atoms with E-state index < -0.39 is 6.29 Å². The maximum absolute atomic E-state index is 12.8. The van der Waals surface area contributed by atoms with Gasteiger partial charge in [0.05, 0.1) is 30.2 Å². The minimum atomic E-state index is -0.531. The van der Waals surface area contributed by atoms with Crippen LogP contribution < -0.4 is 16.4 Å². The first-order chi connectivity index (χ1) is 28.9. The molecular formula is C49H57N5O5. The zero-order valence-corrected chi connectivity index (χ0v) is 33.8. The molecule has 0 radical (unpaired) electrons. The van der Waals surface area contributed by atoms with E-state index in [-0.39, 0.29) is 30.6 Å². The fourth-order valence-corrected chi connectivity index (χ4v) is 7.92. The summed E-state index contributed by atoms with van der Waals surface area (Å²) in [5.74, 6) is -0.0820. The number of ether oxygens (including phenoxy) is 2. The lowest BCUT2D eigenvalue weighted by Gasteiger charge is -2.40. The summed E-state index contributed by atoms with van der Waals surface area (Å²) in [6.07, 6.45) is 3.04. The highest BCUT2D eigenvalue weighted by Gasteiger charge is 2.34. The van der Waals surface area contributed by atoms with Gasteiger partial charge >= 0.3 is 0 Å². The highest BCUT2D eigenvalue weighted by atomic mass is 16.7. The molecule has 7 rings (SSSR count). The largest absolute Gasteiger partial charge is 0.397 e. The molecule has 5 aromatic rings. The lowest BCUT2D eigenvalue weighted by Crippen LogP contribution is -2.49. The molecule has 2 heterocycles. The second-order valence-corrected chi connectivity index (χ2v) is 15.7. The zero-order valence-electron chi connectivity index (χ0n) is 33.8. The molecule has 308 valence electrons. The van der Waals surface area contributed by atoms with E-state index in [1.165, 1.54) is 5.56 Å². The molecule has 0 unspecified atom stereocenters. The fourth-order valence-electron chi connectivity index (χ4n) is 7.92. The van der Waals surface area contributed by atoms with Crippen molar-refractivity contribution >= 4 is 23.2 Å². The number of nitrogens with one attached hydrogen (secondary N) is 2. The molecule has 2 fully saturated rings. The molecule has 2 amide bonds. The number of anilines is 2. The topological polar surface area (TPSA) is 129 Å². The number of hydrogen-bond donors (Lipinski definition) is 4. The van der Waals surface area contributed by atoms with Crippen LogP contribution >= 0.6 is 0 Å². The van der Waals surface area contributed by atoms with E-state index in [1.54, 1.807) is 12.1 Å². The molecule has 0 aliphatic carbocycles. The molecule has 10 heteroatoms. The summed E-state index contributed by atoms with van der Waals surface area (Å²) in [6, 6.07) is 42.5. The van der Waals surface area contributed by atoms with Crippen LogP contribution in [0.15, 0.2) is 127 Å². The van der Waals surface area contributed by atoms with Gasteiger partial charge in [0.15, 0.2) is 6.29 Å². The lowest BCUT2D eigenvalue weighted by atomic mass is 9.97. The summed E-state index contributed by atoms with van der Waals surface area (Å²) in [5.41, 5.74) is 14.5. The van der Waals surface area contributed by atoms with Crippen LogP contribution in [0.25, 0.3) is 11.1 Å². The van der Waals surface area contributed by atoms with Gasteiger partial charge in [-0.3, -0.25) is 19.4 Å². The quantitative estimate of drug-likeness (QED) is 0.0551. The molecule has 2 aliphatic heterocycles. The number of aliphatic hydroxyl groups excluding tert-OH is 1. The number of hydrogen-bond acceptors (Lipinski definition) is 8. The van der Waals surface area contributed by atoms with Gasteiger partial charge in [0.1, 0.15) is 0 Å². The van der Waals surface area contributed by atoms with Crippen molar-refractivity contribution in [2.75, 3.05) is 43.8 Å². The first kappa shape index (κ1) is 41.8. The van der Waals surface area contributed by atoms with Crippen LogP contribution in [0.5, 0.6) is 0 Å². The fraction of sp³-hybridized carbons (Fsp3) is 0.347. The average molecular weight is 796 g/mol. The number of nitrogens with zero attached hydrogens (tertiary/aromatic N) is 2. The zero-order chi connectivity index (χ0) is 40.8. The van der Waals surface area contributed by atoms with Gasteiger partial charge in [-0.05, 0) is 58.4 Å². The molecule has 10 nitrogen and oxygen atoms in total. The Morgan fingerprint density at radius 2 is 1.34 bits per heavy atom. The number of piperazine rings is 1. The number of amides is 2. The van der Waals surface area contributed by atoms with Crippen LogP contribution in [0.2, 0.25) is 0 Å². The van der Waals surface area contributed by atoms with Gasteiger partial charge in [-0.2, -0.15) is 0 Å². The SMILES string of the molecule is Nc1ccccc1NC(=O)CCCCCC(=O)NCc1ccccc1-c1ccc([C@H]2O[C@@H](CN3CCN(Cc4ccccc4)CC3)C[C@@H](c3ccc(CO)cc3)O2)cc1. The molecule has 0 bridgehead atoms. The molecule has 3 atom stereocenters. The number of nitrogens with two attached hydrogens (primary N) is 1. The first-order valence-corrected chi connectivity index (χ1v) is 21.0. The number of aliphatic hydroxyl groups is 1. The summed E-state index contributed by atoms with van der Waals surface area (Å²) < 4.78 is 13.4. The number of unbranched alkanes of at least 4 members (excludes halogenated alkanes) is 2. The van der Waals surface area contributed by atoms with E-state index in [2.05, 4.69) is 93.2 Å². The van der Waals surface area contributed by atoms with E-state index in [4.69, 9.17) is 15.2 Å². The Kier molecular flexibility index (Phi) is 14.9. The van der Waals surface area contributed by atoms with Crippen LogP contribution in [-0.2, 0) is 38.8 Å². The van der Waals surface area contributed by atoms with Crippen molar-refractivity contribution in [2.45, 2.75) is 76.7 Å². The molecule has 5 N–H and O–H groups in total. The Bertz CT molecular complexity index is 2090. The summed E-state index contributed by atoms with van der Waals surface area (Å²) >= 11 is 0. The smallest absolute Gasteiger partial charge is 0.224 e. The molecule has 0 saturated carbocycles. The second kappa shape index (κ2) is 21.1. The number of rotatable bonds is 17. The third-order valence-electron chi connectivity index (χ3n) is 11.3. The highest BCUT2D eigenvalue weighted by molar-refractivity contribution is 5.93. The molecule has 59 heavy (non-hydrogen) atoms. The Balaban J connectivity index is 0.923. The number of carbonyl (C=O) groups excluding carboxylic acids is 2. The van der Waals surface area contributed by atoms with Crippen molar-refractivity contribution in [2.24, 2.45) is 0 Å². The number of benzene rings is 5. The van der Waals surface area contributed by atoms with E-state index in [0.717, 1.165) is 85.5 Å². The maximum atomic E-state index is 12.8. The van der Waals surface area contributed by atoms with E-state index in [0.29, 0.717) is 43.6 Å². The molecule has 2 saturated heterocycles. The number of carbonyl (C=O) groups is 2. The van der Waals surface area contributed by atoms with Gasteiger partial charge in [-0.1, -0.05) is 122 Å². The van der Waals surface area contributed by atoms with Crippen molar-refractivity contribution in [3.05, 3.63) is 155 Å². The predicted molar refractivity (Wildman–Crippen MR) is 233 cm³/mol.